The van der Waals surface area contributed by atoms with Crippen LogP contribution in [-0.4, -0.2) is 17.7 Å². The van der Waals surface area contributed by atoms with Crippen molar-refractivity contribution in [3.8, 4) is 0 Å². The molecule has 3 aromatic rings. The highest BCUT2D eigenvalue weighted by Gasteiger charge is 2.39. The zero-order chi connectivity index (χ0) is 23.7. The molecule has 0 unspecified atom stereocenters. The summed E-state index contributed by atoms with van der Waals surface area (Å²) in [4.78, 5) is 39.3. The van der Waals surface area contributed by atoms with Gasteiger partial charge in [-0.15, -0.1) is 0 Å². The van der Waals surface area contributed by atoms with E-state index in [2.05, 4.69) is 10.6 Å². The molecule has 3 aromatic carbocycles. The molecule has 1 aliphatic rings. The van der Waals surface area contributed by atoms with Crippen LogP contribution in [0.2, 0.25) is 5.02 Å². The Balaban J connectivity index is 1.50. The first-order valence-corrected chi connectivity index (χ1v) is 10.8. The fraction of sp³-hybridized carbons (Fsp3) is 0.0800. The summed E-state index contributed by atoms with van der Waals surface area (Å²) >= 11 is 12.2. The Morgan fingerprint density at radius 1 is 0.848 bits per heavy atom. The summed E-state index contributed by atoms with van der Waals surface area (Å²) in [5.74, 6) is -1.44. The SMILES string of the molecule is Cc1ccc(C)c(N2C(=O)C(Cl)=C(Nc3ccc(C(=O)Nc4cccc(Cl)c4)cc3)C2=O)c1. The normalized spacial score (nSPS) is 13.5. The Kier molecular flexibility index (Phi) is 6.22. The lowest BCUT2D eigenvalue weighted by molar-refractivity contribution is -0.120. The highest BCUT2D eigenvalue weighted by Crippen LogP contribution is 2.32. The van der Waals surface area contributed by atoms with E-state index >= 15 is 0 Å². The standard InChI is InChI=1S/C25H19Cl2N3O3/c1-14-6-7-15(2)20(12-14)30-24(32)21(27)22(25(30)33)28-18-10-8-16(9-11-18)23(31)29-19-5-3-4-17(26)13-19/h3-13,28H,1-2H3,(H,29,31). The number of carbonyl (C=O) groups excluding carboxylic acids is 3. The molecule has 2 N–H and O–H groups in total. The van der Waals surface area contributed by atoms with Gasteiger partial charge >= 0.3 is 0 Å². The molecule has 8 heteroatoms. The number of halogens is 2. The minimum atomic E-state index is -0.588. The predicted molar refractivity (Wildman–Crippen MR) is 131 cm³/mol. The van der Waals surface area contributed by atoms with Crippen LogP contribution in [0, 0.1) is 13.8 Å². The maximum Gasteiger partial charge on any atom is 0.283 e. The van der Waals surface area contributed by atoms with Gasteiger partial charge in [-0.05, 0) is 73.5 Å². The number of rotatable bonds is 5. The van der Waals surface area contributed by atoms with Crippen LogP contribution in [0.15, 0.2) is 77.5 Å². The van der Waals surface area contributed by atoms with Crippen LogP contribution in [0.25, 0.3) is 0 Å². The van der Waals surface area contributed by atoms with Gasteiger partial charge in [-0.25, -0.2) is 4.90 Å². The Morgan fingerprint density at radius 2 is 1.58 bits per heavy atom. The molecule has 0 spiro atoms. The van der Waals surface area contributed by atoms with Crippen LogP contribution in [0.5, 0.6) is 0 Å². The van der Waals surface area contributed by atoms with Gasteiger partial charge < -0.3 is 10.6 Å². The summed E-state index contributed by atoms with van der Waals surface area (Å²) < 4.78 is 0. The van der Waals surface area contributed by atoms with Crippen molar-refractivity contribution in [2.75, 3.05) is 15.5 Å². The molecule has 0 saturated carbocycles. The molecule has 0 radical (unpaired) electrons. The van der Waals surface area contributed by atoms with Crippen LogP contribution in [0.4, 0.5) is 17.1 Å². The van der Waals surface area contributed by atoms with Gasteiger partial charge in [-0.3, -0.25) is 14.4 Å². The molecule has 3 amide bonds. The van der Waals surface area contributed by atoms with Crippen LogP contribution in [0.3, 0.4) is 0 Å². The number of anilines is 3. The van der Waals surface area contributed by atoms with Gasteiger partial charge in [0.2, 0.25) is 0 Å². The van der Waals surface area contributed by atoms with Crippen molar-refractivity contribution in [3.05, 3.63) is 99.2 Å². The minimum absolute atomic E-state index is 0.0151. The van der Waals surface area contributed by atoms with Crippen molar-refractivity contribution in [1.29, 1.82) is 0 Å². The Labute approximate surface area is 200 Å². The average Bonchev–Trinajstić information content (AvgIpc) is 2.99. The molecule has 0 saturated heterocycles. The van der Waals surface area contributed by atoms with Gasteiger partial charge in [-0.1, -0.05) is 41.4 Å². The Hall–Kier alpha value is -3.61. The number of nitrogens with one attached hydrogen (secondary N) is 2. The molecular formula is C25H19Cl2N3O3. The van der Waals surface area contributed by atoms with Crippen LogP contribution in [-0.2, 0) is 9.59 Å². The van der Waals surface area contributed by atoms with E-state index in [0.717, 1.165) is 16.0 Å². The van der Waals surface area contributed by atoms with Crippen molar-refractivity contribution in [3.63, 3.8) is 0 Å². The zero-order valence-corrected chi connectivity index (χ0v) is 19.3. The van der Waals surface area contributed by atoms with Crippen LogP contribution < -0.4 is 15.5 Å². The topological polar surface area (TPSA) is 78.5 Å². The third kappa shape index (κ3) is 4.62. The molecule has 0 fully saturated rings. The van der Waals surface area contributed by atoms with E-state index in [0.29, 0.717) is 27.6 Å². The second-order valence-electron chi connectivity index (χ2n) is 7.59. The second kappa shape index (κ2) is 9.10. The molecular weight excluding hydrogens is 461 g/mol. The highest BCUT2D eigenvalue weighted by atomic mass is 35.5. The van der Waals surface area contributed by atoms with Gasteiger partial charge in [0.1, 0.15) is 10.7 Å². The number of hydrogen-bond acceptors (Lipinski definition) is 4. The molecule has 1 heterocycles. The summed E-state index contributed by atoms with van der Waals surface area (Å²) in [5, 5.41) is 6.01. The number of hydrogen-bond donors (Lipinski definition) is 2. The minimum Gasteiger partial charge on any atom is -0.350 e. The van der Waals surface area contributed by atoms with Crippen LogP contribution >= 0.6 is 23.2 Å². The van der Waals surface area contributed by atoms with Crippen molar-refractivity contribution >= 4 is 58.0 Å². The number of imide groups is 1. The highest BCUT2D eigenvalue weighted by molar-refractivity contribution is 6.53. The van der Waals surface area contributed by atoms with Crippen molar-refractivity contribution in [1.82, 2.24) is 0 Å². The first kappa shape index (κ1) is 22.6. The molecule has 166 valence electrons. The molecule has 0 bridgehead atoms. The molecule has 4 rings (SSSR count). The van der Waals surface area contributed by atoms with Gasteiger partial charge in [0.25, 0.3) is 17.7 Å². The van der Waals surface area contributed by atoms with Gasteiger partial charge in [0.15, 0.2) is 0 Å². The number of carbonyl (C=O) groups is 3. The quantitative estimate of drug-likeness (QED) is 0.463. The summed E-state index contributed by atoms with van der Waals surface area (Å²) in [7, 11) is 0. The van der Waals surface area contributed by atoms with E-state index in [4.69, 9.17) is 23.2 Å². The summed E-state index contributed by atoms with van der Waals surface area (Å²) in [5.41, 5.74) is 3.67. The monoisotopic (exact) mass is 479 g/mol. The van der Waals surface area contributed by atoms with E-state index in [-0.39, 0.29) is 16.6 Å². The molecule has 33 heavy (non-hydrogen) atoms. The van der Waals surface area contributed by atoms with E-state index in [9.17, 15) is 14.4 Å². The number of aryl methyl sites for hydroxylation is 2. The van der Waals surface area contributed by atoms with Gasteiger partial charge in [0, 0.05) is 22.0 Å². The lowest BCUT2D eigenvalue weighted by Gasteiger charge is -2.18. The maximum absolute atomic E-state index is 13.0. The van der Waals surface area contributed by atoms with Crippen LogP contribution in [0.1, 0.15) is 21.5 Å². The van der Waals surface area contributed by atoms with Crippen molar-refractivity contribution in [2.45, 2.75) is 13.8 Å². The van der Waals surface area contributed by atoms with Crippen molar-refractivity contribution in [2.24, 2.45) is 0 Å². The molecule has 1 aliphatic heterocycles. The largest absolute Gasteiger partial charge is 0.350 e. The fourth-order valence-corrected chi connectivity index (χ4v) is 3.81. The van der Waals surface area contributed by atoms with E-state index in [1.165, 1.54) is 0 Å². The Bertz CT molecular complexity index is 1320. The molecule has 0 aliphatic carbocycles. The first-order chi connectivity index (χ1) is 15.7. The van der Waals surface area contributed by atoms with E-state index < -0.39 is 11.8 Å². The zero-order valence-electron chi connectivity index (χ0n) is 17.8. The van der Waals surface area contributed by atoms with Gasteiger partial charge in [0.05, 0.1) is 5.69 Å². The molecule has 0 atom stereocenters. The van der Waals surface area contributed by atoms with Gasteiger partial charge in [-0.2, -0.15) is 0 Å². The summed E-state index contributed by atoms with van der Waals surface area (Å²) in [6.07, 6.45) is 0. The number of nitrogens with zero attached hydrogens (tertiary/aromatic N) is 1. The third-order valence-electron chi connectivity index (χ3n) is 5.13. The lowest BCUT2D eigenvalue weighted by Crippen LogP contribution is -2.32. The maximum atomic E-state index is 13.0. The van der Waals surface area contributed by atoms with E-state index in [1.54, 1.807) is 54.6 Å². The Morgan fingerprint density at radius 3 is 2.27 bits per heavy atom. The molecule has 6 nitrogen and oxygen atoms in total. The number of benzene rings is 3. The van der Waals surface area contributed by atoms with Crippen molar-refractivity contribution < 1.29 is 14.4 Å². The second-order valence-corrected chi connectivity index (χ2v) is 8.41. The lowest BCUT2D eigenvalue weighted by atomic mass is 10.1. The summed E-state index contributed by atoms with van der Waals surface area (Å²) in [6.45, 7) is 3.70. The summed E-state index contributed by atoms with van der Waals surface area (Å²) in [6, 6.07) is 18.8. The smallest absolute Gasteiger partial charge is 0.283 e. The fourth-order valence-electron chi connectivity index (χ4n) is 3.41. The molecule has 0 aromatic heterocycles. The predicted octanol–water partition coefficient (Wildman–Crippen LogP) is 5.64. The third-order valence-corrected chi connectivity index (χ3v) is 5.72. The van der Waals surface area contributed by atoms with E-state index in [1.807, 2.05) is 26.0 Å². The average molecular weight is 480 g/mol. The first-order valence-electron chi connectivity index (χ1n) is 10.0. The number of amides is 3.